The Balaban J connectivity index is 1.82. The highest BCUT2D eigenvalue weighted by Gasteiger charge is 2.14. The van der Waals surface area contributed by atoms with Gasteiger partial charge in [-0.25, -0.2) is 0 Å². The van der Waals surface area contributed by atoms with E-state index in [0.717, 1.165) is 32.3 Å². The van der Waals surface area contributed by atoms with Crippen molar-refractivity contribution in [3.05, 3.63) is 63.8 Å². The molecule has 25 heavy (non-hydrogen) atoms. The molecule has 1 heterocycles. The zero-order valence-corrected chi connectivity index (χ0v) is 15.8. The van der Waals surface area contributed by atoms with Crippen LogP contribution in [-0.4, -0.2) is 12.6 Å². The van der Waals surface area contributed by atoms with E-state index in [1.54, 1.807) is 6.92 Å². The second kappa shape index (κ2) is 7.74. The summed E-state index contributed by atoms with van der Waals surface area (Å²) in [7, 11) is 0. The van der Waals surface area contributed by atoms with E-state index in [-0.39, 0.29) is 12.4 Å². The van der Waals surface area contributed by atoms with Gasteiger partial charge in [0.1, 0.15) is 23.7 Å². The normalized spacial score (nSPS) is 10.8. The van der Waals surface area contributed by atoms with Crippen molar-refractivity contribution >= 4 is 32.9 Å². The first-order valence-corrected chi connectivity index (χ1v) is 8.91. The smallest absolute Gasteiger partial charge is 0.310 e. The molecule has 0 radical (unpaired) electrons. The van der Waals surface area contributed by atoms with Gasteiger partial charge in [-0.1, -0.05) is 34.1 Å². The molecule has 0 bridgehead atoms. The minimum atomic E-state index is -0.257. The molecule has 0 saturated carbocycles. The summed E-state index contributed by atoms with van der Waals surface area (Å²) in [5.74, 6) is 1.25. The molecule has 5 heteroatoms. The fourth-order valence-corrected chi connectivity index (χ4v) is 3.09. The number of ether oxygens (including phenoxy) is 2. The van der Waals surface area contributed by atoms with Crippen LogP contribution in [0.1, 0.15) is 23.8 Å². The Morgan fingerprint density at radius 1 is 1.20 bits per heavy atom. The van der Waals surface area contributed by atoms with E-state index >= 15 is 0 Å². The first-order chi connectivity index (χ1) is 12.1. The molecule has 0 N–H and O–H groups in total. The zero-order valence-electron chi connectivity index (χ0n) is 14.2. The minimum absolute atomic E-state index is 0.195. The molecular weight excluding hydrogens is 384 g/mol. The number of carbonyl (C=O) groups excluding carboxylic acids is 1. The third-order valence-electron chi connectivity index (χ3n) is 3.94. The van der Waals surface area contributed by atoms with Gasteiger partial charge in [-0.05, 0) is 38.1 Å². The van der Waals surface area contributed by atoms with Gasteiger partial charge in [0, 0.05) is 21.0 Å². The highest BCUT2D eigenvalue weighted by molar-refractivity contribution is 9.10. The van der Waals surface area contributed by atoms with Gasteiger partial charge in [-0.2, -0.15) is 0 Å². The lowest BCUT2D eigenvalue weighted by Crippen LogP contribution is -2.09. The van der Waals surface area contributed by atoms with E-state index in [9.17, 15) is 4.79 Å². The SMILES string of the molecule is CCOC(=O)Cc1ccccc1OCc1c(C)oc2ccc(Br)cc12. The maximum Gasteiger partial charge on any atom is 0.310 e. The second-order valence-corrected chi connectivity index (χ2v) is 6.57. The molecule has 2 aromatic carbocycles. The van der Waals surface area contributed by atoms with Gasteiger partial charge in [0.15, 0.2) is 0 Å². The molecule has 0 unspecified atom stereocenters. The van der Waals surface area contributed by atoms with Gasteiger partial charge < -0.3 is 13.9 Å². The number of hydrogen-bond acceptors (Lipinski definition) is 4. The van der Waals surface area contributed by atoms with Gasteiger partial charge >= 0.3 is 5.97 Å². The standard InChI is InChI=1S/C20H19BrO4/c1-3-23-20(22)10-14-6-4-5-7-18(14)24-12-17-13(2)25-19-9-8-15(21)11-16(17)19/h4-9,11H,3,10,12H2,1-2H3. The van der Waals surface area contributed by atoms with Crippen molar-refractivity contribution in [2.24, 2.45) is 0 Å². The van der Waals surface area contributed by atoms with Crippen molar-refractivity contribution in [3.63, 3.8) is 0 Å². The average Bonchev–Trinajstić information content (AvgIpc) is 2.89. The number of carbonyl (C=O) groups is 1. The minimum Gasteiger partial charge on any atom is -0.488 e. The molecule has 0 atom stereocenters. The van der Waals surface area contributed by atoms with E-state index in [1.165, 1.54) is 0 Å². The lowest BCUT2D eigenvalue weighted by molar-refractivity contribution is -0.142. The summed E-state index contributed by atoms with van der Waals surface area (Å²) in [5.41, 5.74) is 2.65. The fraction of sp³-hybridized carbons (Fsp3) is 0.250. The Hall–Kier alpha value is -2.27. The van der Waals surface area contributed by atoms with Crippen LogP contribution in [0.2, 0.25) is 0 Å². The molecule has 0 aliphatic heterocycles. The van der Waals surface area contributed by atoms with Crippen LogP contribution in [0.4, 0.5) is 0 Å². The number of esters is 1. The summed E-state index contributed by atoms with van der Waals surface area (Å²) in [5, 5.41) is 1.02. The van der Waals surface area contributed by atoms with E-state index in [4.69, 9.17) is 13.9 Å². The maximum atomic E-state index is 11.8. The highest BCUT2D eigenvalue weighted by Crippen LogP contribution is 2.30. The van der Waals surface area contributed by atoms with Crippen molar-refractivity contribution in [1.82, 2.24) is 0 Å². The summed E-state index contributed by atoms with van der Waals surface area (Å²) < 4.78 is 17.8. The quantitative estimate of drug-likeness (QED) is 0.532. The molecule has 3 aromatic rings. The summed E-state index contributed by atoms with van der Waals surface area (Å²) in [4.78, 5) is 11.8. The maximum absolute atomic E-state index is 11.8. The number of benzene rings is 2. The molecule has 0 saturated heterocycles. The monoisotopic (exact) mass is 402 g/mol. The number of fused-ring (bicyclic) bond motifs is 1. The molecule has 130 valence electrons. The van der Waals surface area contributed by atoms with Gasteiger partial charge in [-0.15, -0.1) is 0 Å². The fourth-order valence-electron chi connectivity index (χ4n) is 2.73. The van der Waals surface area contributed by atoms with Gasteiger partial charge in [0.25, 0.3) is 0 Å². The number of aryl methyl sites for hydroxylation is 1. The predicted octanol–water partition coefficient (Wildman–Crippen LogP) is 5.19. The van der Waals surface area contributed by atoms with E-state index in [0.29, 0.717) is 19.0 Å². The third-order valence-corrected chi connectivity index (χ3v) is 4.43. The Kier molecular flexibility index (Phi) is 5.43. The lowest BCUT2D eigenvalue weighted by Gasteiger charge is -2.11. The van der Waals surface area contributed by atoms with Crippen LogP contribution in [-0.2, 0) is 22.6 Å². The largest absolute Gasteiger partial charge is 0.488 e. The third kappa shape index (κ3) is 4.04. The van der Waals surface area contributed by atoms with Gasteiger partial charge in [-0.3, -0.25) is 4.79 Å². The summed E-state index contributed by atoms with van der Waals surface area (Å²) >= 11 is 3.49. The van der Waals surface area contributed by atoms with Crippen LogP contribution < -0.4 is 4.74 Å². The van der Waals surface area contributed by atoms with Crippen molar-refractivity contribution in [2.45, 2.75) is 26.9 Å². The van der Waals surface area contributed by atoms with Crippen LogP contribution in [0, 0.1) is 6.92 Å². The number of hydrogen-bond donors (Lipinski definition) is 0. The number of para-hydroxylation sites is 1. The topological polar surface area (TPSA) is 48.7 Å². The summed E-state index contributed by atoms with van der Waals surface area (Å²) in [6, 6.07) is 13.4. The predicted molar refractivity (Wildman–Crippen MR) is 99.8 cm³/mol. The molecule has 0 aliphatic carbocycles. The molecule has 0 amide bonds. The Labute approximate surface area is 154 Å². The van der Waals surface area contributed by atoms with E-state index < -0.39 is 0 Å². The molecule has 0 fully saturated rings. The molecular formula is C20H19BrO4. The van der Waals surface area contributed by atoms with Crippen LogP contribution in [0.3, 0.4) is 0 Å². The van der Waals surface area contributed by atoms with Crippen LogP contribution in [0.5, 0.6) is 5.75 Å². The lowest BCUT2D eigenvalue weighted by atomic mass is 10.1. The number of halogens is 1. The Morgan fingerprint density at radius 3 is 2.80 bits per heavy atom. The van der Waals surface area contributed by atoms with Crippen molar-refractivity contribution in [1.29, 1.82) is 0 Å². The van der Waals surface area contributed by atoms with Crippen LogP contribution in [0.15, 0.2) is 51.4 Å². The molecule has 0 spiro atoms. The van der Waals surface area contributed by atoms with E-state index in [1.807, 2.05) is 49.4 Å². The number of furan rings is 1. The first-order valence-electron chi connectivity index (χ1n) is 8.12. The van der Waals surface area contributed by atoms with Crippen molar-refractivity contribution < 1.29 is 18.7 Å². The zero-order chi connectivity index (χ0) is 17.8. The molecule has 0 aliphatic rings. The second-order valence-electron chi connectivity index (χ2n) is 5.66. The molecule has 3 rings (SSSR count). The first kappa shape index (κ1) is 17.5. The Bertz CT molecular complexity index is 898. The average molecular weight is 403 g/mol. The van der Waals surface area contributed by atoms with Crippen LogP contribution >= 0.6 is 15.9 Å². The van der Waals surface area contributed by atoms with Crippen molar-refractivity contribution in [3.8, 4) is 5.75 Å². The Morgan fingerprint density at radius 2 is 2.00 bits per heavy atom. The van der Waals surface area contributed by atoms with E-state index in [2.05, 4.69) is 15.9 Å². The number of rotatable bonds is 6. The summed E-state index contributed by atoms with van der Waals surface area (Å²) in [6.45, 7) is 4.47. The highest BCUT2D eigenvalue weighted by atomic mass is 79.9. The van der Waals surface area contributed by atoms with Gasteiger partial charge in [0.05, 0.1) is 13.0 Å². The van der Waals surface area contributed by atoms with Gasteiger partial charge in [0.2, 0.25) is 0 Å². The summed E-state index contributed by atoms with van der Waals surface area (Å²) in [6.07, 6.45) is 0.195. The molecule has 4 nitrogen and oxygen atoms in total. The van der Waals surface area contributed by atoms with Crippen LogP contribution in [0.25, 0.3) is 11.0 Å². The van der Waals surface area contributed by atoms with Crippen molar-refractivity contribution in [2.75, 3.05) is 6.61 Å². The molecule has 1 aromatic heterocycles.